The SMILES string of the molecule is Cc1nn(Cc2ccc(Cl)cc2Cl)c(C)c1NC(=O)[C@@H]1[C@@H](C(=O)O)[C@H]2CC[C@H]1O2. The lowest BCUT2D eigenvalue weighted by Gasteiger charge is -2.23. The Hall–Kier alpha value is -2.09. The van der Waals surface area contributed by atoms with E-state index in [-0.39, 0.29) is 18.1 Å². The Bertz CT molecular complexity index is 990. The standard InChI is InChI=1S/C20H21Cl2N3O4/c1-9-18(10(2)25(24-9)8-11-3-4-12(21)7-13(11)22)23-19(26)16-14-5-6-15(29-14)17(16)20(27)28/h3-4,7,14-17H,5-6,8H2,1-2H3,(H,23,26)(H,27,28)/t14-,15-,16+,17+/m1/s1. The molecule has 1 aromatic heterocycles. The highest BCUT2D eigenvalue weighted by Gasteiger charge is 2.55. The van der Waals surface area contributed by atoms with Gasteiger partial charge in [-0.1, -0.05) is 29.3 Å². The summed E-state index contributed by atoms with van der Waals surface area (Å²) in [5, 5.41) is 18.1. The third-order valence-corrected chi connectivity index (χ3v) is 6.41. The number of carboxylic acid groups (broad SMARTS) is 1. The lowest BCUT2D eigenvalue weighted by molar-refractivity contribution is -0.147. The van der Waals surface area contributed by atoms with Crippen molar-refractivity contribution in [2.45, 2.75) is 45.4 Å². The van der Waals surface area contributed by atoms with E-state index in [1.165, 1.54) is 0 Å². The number of nitrogens with zero attached hydrogens (tertiary/aromatic N) is 2. The Morgan fingerprint density at radius 1 is 1.24 bits per heavy atom. The van der Waals surface area contributed by atoms with Crippen LogP contribution in [0, 0.1) is 25.7 Å². The van der Waals surface area contributed by atoms with Gasteiger partial charge in [-0.25, -0.2) is 0 Å². The molecule has 2 aliphatic rings. The Labute approximate surface area is 177 Å². The first-order valence-electron chi connectivity index (χ1n) is 9.43. The van der Waals surface area contributed by atoms with Gasteiger partial charge >= 0.3 is 5.97 Å². The van der Waals surface area contributed by atoms with Gasteiger partial charge in [-0.15, -0.1) is 0 Å². The van der Waals surface area contributed by atoms with Crippen LogP contribution < -0.4 is 5.32 Å². The summed E-state index contributed by atoms with van der Waals surface area (Å²) in [6.07, 6.45) is 0.664. The minimum atomic E-state index is -0.987. The third kappa shape index (κ3) is 3.63. The highest BCUT2D eigenvalue weighted by molar-refractivity contribution is 6.35. The zero-order chi connectivity index (χ0) is 20.9. The van der Waals surface area contributed by atoms with E-state index in [2.05, 4.69) is 10.4 Å². The van der Waals surface area contributed by atoms with Crippen LogP contribution in [0.2, 0.25) is 10.0 Å². The average Bonchev–Trinajstić information content (AvgIpc) is 3.34. The number of amides is 1. The first kappa shape index (κ1) is 20.2. The predicted molar refractivity (Wildman–Crippen MR) is 108 cm³/mol. The van der Waals surface area contributed by atoms with Crippen LogP contribution in [0.25, 0.3) is 0 Å². The number of hydrogen-bond donors (Lipinski definition) is 2. The molecule has 2 N–H and O–H groups in total. The average molecular weight is 438 g/mol. The van der Waals surface area contributed by atoms with Crippen molar-refractivity contribution < 1.29 is 19.4 Å². The smallest absolute Gasteiger partial charge is 0.310 e. The van der Waals surface area contributed by atoms with E-state index in [1.54, 1.807) is 23.7 Å². The van der Waals surface area contributed by atoms with Crippen LogP contribution in [0.4, 0.5) is 5.69 Å². The zero-order valence-corrected chi connectivity index (χ0v) is 17.5. The largest absolute Gasteiger partial charge is 0.481 e. The molecule has 0 radical (unpaired) electrons. The van der Waals surface area contributed by atoms with E-state index in [0.717, 1.165) is 11.3 Å². The molecule has 4 rings (SSSR count). The van der Waals surface area contributed by atoms with Gasteiger partial charge in [0.2, 0.25) is 5.91 Å². The number of aromatic nitrogens is 2. The number of aliphatic carboxylic acids is 1. The Morgan fingerprint density at radius 3 is 2.59 bits per heavy atom. The first-order chi connectivity index (χ1) is 13.8. The fourth-order valence-corrected chi connectivity index (χ4v) is 4.84. The lowest BCUT2D eigenvalue weighted by atomic mass is 9.78. The summed E-state index contributed by atoms with van der Waals surface area (Å²) in [6, 6.07) is 5.27. The second kappa shape index (κ2) is 7.63. The normalized spacial score (nSPS) is 25.4. The van der Waals surface area contributed by atoms with Gasteiger partial charge in [0.25, 0.3) is 0 Å². The number of hydrogen-bond acceptors (Lipinski definition) is 4. The Morgan fingerprint density at radius 2 is 1.93 bits per heavy atom. The number of anilines is 1. The monoisotopic (exact) mass is 437 g/mol. The molecule has 2 saturated heterocycles. The summed E-state index contributed by atoms with van der Waals surface area (Å²) in [5.41, 5.74) is 2.86. The maximum Gasteiger partial charge on any atom is 0.310 e. The van der Waals surface area contributed by atoms with Crippen LogP contribution in [0.5, 0.6) is 0 Å². The number of benzene rings is 1. The second-order valence-electron chi connectivity index (χ2n) is 7.61. The molecule has 2 aliphatic heterocycles. The second-order valence-corrected chi connectivity index (χ2v) is 8.45. The van der Waals surface area contributed by atoms with Crippen molar-refractivity contribution in [3.8, 4) is 0 Å². The maximum absolute atomic E-state index is 13.0. The van der Waals surface area contributed by atoms with Gasteiger partial charge in [0.15, 0.2) is 0 Å². The summed E-state index contributed by atoms with van der Waals surface area (Å²) in [4.78, 5) is 24.6. The van der Waals surface area contributed by atoms with E-state index in [1.807, 2.05) is 13.0 Å². The Balaban J connectivity index is 1.55. The van der Waals surface area contributed by atoms with Crippen molar-refractivity contribution in [3.05, 3.63) is 45.2 Å². The van der Waals surface area contributed by atoms with Gasteiger partial charge in [-0.05, 0) is 44.4 Å². The van der Waals surface area contributed by atoms with Crippen LogP contribution in [0.1, 0.15) is 29.8 Å². The minimum Gasteiger partial charge on any atom is -0.481 e. The number of nitrogens with one attached hydrogen (secondary N) is 1. The van der Waals surface area contributed by atoms with Gasteiger partial charge in [0.1, 0.15) is 0 Å². The van der Waals surface area contributed by atoms with Crippen molar-refractivity contribution in [2.24, 2.45) is 11.8 Å². The maximum atomic E-state index is 13.0. The molecule has 1 amide bonds. The number of fused-ring (bicyclic) bond motifs is 2. The summed E-state index contributed by atoms with van der Waals surface area (Å²) in [6.45, 7) is 4.08. The van der Waals surface area contributed by atoms with Crippen LogP contribution in [0.15, 0.2) is 18.2 Å². The number of carboxylic acids is 1. The van der Waals surface area contributed by atoms with Crippen LogP contribution in [0.3, 0.4) is 0 Å². The molecule has 4 atom stereocenters. The van der Waals surface area contributed by atoms with E-state index < -0.39 is 17.8 Å². The molecule has 7 nitrogen and oxygen atoms in total. The van der Waals surface area contributed by atoms with E-state index in [0.29, 0.717) is 40.8 Å². The van der Waals surface area contributed by atoms with Crippen molar-refractivity contribution in [3.63, 3.8) is 0 Å². The van der Waals surface area contributed by atoms with Crippen molar-refractivity contribution in [1.29, 1.82) is 0 Å². The first-order valence-corrected chi connectivity index (χ1v) is 10.2. The molecular formula is C20H21Cl2N3O4. The summed E-state index contributed by atoms with van der Waals surface area (Å²) in [5.74, 6) is -2.82. The summed E-state index contributed by atoms with van der Waals surface area (Å²) in [7, 11) is 0. The fourth-order valence-electron chi connectivity index (χ4n) is 4.37. The number of rotatable bonds is 5. The molecule has 0 saturated carbocycles. The topological polar surface area (TPSA) is 93.5 Å². The molecule has 2 aromatic rings. The van der Waals surface area contributed by atoms with Gasteiger partial charge in [0.05, 0.1) is 47.7 Å². The summed E-state index contributed by atoms with van der Waals surface area (Å²) < 4.78 is 7.45. The number of ether oxygens (including phenoxy) is 1. The third-order valence-electron chi connectivity index (χ3n) is 5.83. The summed E-state index contributed by atoms with van der Waals surface area (Å²) >= 11 is 12.2. The molecule has 2 bridgehead atoms. The molecular weight excluding hydrogens is 417 g/mol. The number of carbonyl (C=O) groups excluding carboxylic acids is 1. The van der Waals surface area contributed by atoms with E-state index in [9.17, 15) is 14.7 Å². The number of carbonyl (C=O) groups is 2. The minimum absolute atomic E-state index is 0.333. The molecule has 154 valence electrons. The van der Waals surface area contributed by atoms with Gasteiger partial charge in [-0.3, -0.25) is 14.3 Å². The highest BCUT2D eigenvalue weighted by atomic mass is 35.5. The van der Waals surface area contributed by atoms with E-state index >= 15 is 0 Å². The number of halogens is 2. The Kier molecular flexibility index (Phi) is 5.31. The fraction of sp³-hybridized carbons (Fsp3) is 0.450. The van der Waals surface area contributed by atoms with Gasteiger partial charge in [-0.2, -0.15) is 5.10 Å². The van der Waals surface area contributed by atoms with E-state index in [4.69, 9.17) is 27.9 Å². The molecule has 1 aromatic carbocycles. The molecule has 0 unspecified atom stereocenters. The van der Waals surface area contributed by atoms with Crippen molar-refractivity contribution in [2.75, 3.05) is 5.32 Å². The van der Waals surface area contributed by atoms with Crippen LogP contribution in [-0.4, -0.2) is 39.0 Å². The number of aryl methyl sites for hydroxylation is 1. The van der Waals surface area contributed by atoms with Crippen molar-refractivity contribution >= 4 is 40.8 Å². The predicted octanol–water partition coefficient (Wildman–Crippen LogP) is 3.67. The molecule has 9 heteroatoms. The van der Waals surface area contributed by atoms with Gasteiger partial charge in [0, 0.05) is 10.0 Å². The molecule has 0 spiro atoms. The molecule has 29 heavy (non-hydrogen) atoms. The van der Waals surface area contributed by atoms with Crippen LogP contribution in [-0.2, 0) is 20.9 Å². The molecule has 2 fully saturated rings. The molecule has 0 aliphatic carbocycles. The van der Waals surface area contributed by atoms with Crippen molar-refractivity contribution in [1.82, 2.24) is 9.78 Å². The molecule has 3 heterocycles. The highest BCUT2D eigenvalue weighted by Crippen LogP contribution is 2.44. The van der Waals surface area contributed by atoms with Crippen LogP contribution >= 0.6 is 23.2 Å². The lowest BCUT2D eigenvalue weighted by Crippen LogP contribution is -2.41. The van der Waals surface area contributed by atoms with Gasteiger partial charge < -0.3 is 15.2 Å². The quantitative estimate of drug-likeness (QED) is 0.743. The zero-order valence-electron chi connectivity index (χ0n) is 16.0.